The molecule has 0 aromatic heterocycles. The van der Waals surface area contributed by atoms with Crippen molar-refractivity contribution >= 4 is 10.0 Å². The predicted octanol–water partition coefficient (Wildman–Crippen LogP) is -0.408. The van der Waals surface area contributed by atoms with Crippen LogP contribution < -0.4 is 5.14 Å². The Morgan fingerprint density at radius 1 is 1.40 bits per heavy atom. The first-order valence-corrected chi connectivity index (χ1v) is 3.85. The fraction of sp³-hybridized carbons (Fsp3) is 0. The van der Waals surface area contributed by atoms with E-state index in [1.165, 1.54) is 6.26 Å². The van der Waals surface area contributed by atoms with Gasteiger partial charge in [0.05, 0.1) is 0 Å². The summed E-state index contributed by atoms with van der Waals surface area (Å²) in [6.07, 6.45) is 3.18. The van der Waals surface area contributed by atoms with Crippen molar-refractivity contribution in [3.63, 3.8) is 0 Å². The van der Waals surface area contributed by atoms with Crippen LogP contribution in [0.2, 0.25) is 0 Å². The van der Waals surface area contributed by atoms with Gasteiger partial charge in [0.15, 0.2) is 0 Å². The zero-order valence-corrected chi connectivity index (χ0v) is 5.67. The minimum Gasteiger partial charge on any atom is -0.465 e. The lowest BCUT2D eigenvalue weighted by molar-refractivity contribution is 0.276. The van der Waals surface area contributed by atoms with Crippen molar-refractivity contribution < 1.29 is 17.9 Å². The number of ether oxygens (including phenoxy) is 2. The second kappa shape index (κ2) is 2.31. The van der Waals surface area contributed by atoms with E-state index in [-0.39, 0.29) is 0 Å². The summed E-state index contributed by atoms with van der Waals surface area (Å²) in [6.45, 7) is 0. The van der Waals surface area contributed by atoms with Crippen molar-refractivity contribution in [3.05, 3.63) is 23.9 Å². The minimum atomic E-state index is -3.76. The van der Waals surface area contributed by atoms with Gasteiger partial charge in [0.25, 0.3) is 15.1 Å². The van der Waals surface area contributed by atoms with Crippen LogP contribution in [0.1, 0.15) is 0 Å². The highest BCUT2D eigenvalue weighted by Crippen LogP contribution is 2.08. The number of sulfonamides is 1. The van der Waals surface area contributed by atoms with Gasteiger partial charge in [0.2, 0.25) is 0 Å². The van der Waals surface area contributed by atoms with Crippen LogP contribution in [-0.2, 0) is 19.5 Å². The molecule has 1 heterocycles. The topological polar surface area (TPSA) is 78.6 Å². The molecule has 0 spiro atoms. The molecule has 0 aromatic rings. The largest absolute Gasteiger partial charge is 0.465 e. The molecule has 0 amide bonds. The van der Waals surface area contributed by atoms with Crippen LogP contribution >= 0.6 is 0 Å². The normalized spacial score (nSPS) is 17.1. The third kappa shape index (κ3) is 1.49. The summed E-state index contributed by atoms with van der Waals surface area (Å²) in [4.78, 5) is 0. The van der Waals surface area contributed by atoms with Crippen LogP contribution in [0.3, 0.4) is 0 Å². The molecule has 1 aliphatic heterocycles. The lowest BCUT2D eigenvalue weighted by Crippen LogP contribution is -2.16. The van der Waals surface area contributed by atoms with Gasteiger partial charge >= 0.3 is 0 Å². The summed E-state index contributed by atoms with van der Waals surface area (Å²) in [5, 5.41) is 4.28. The van der Waals surface area contributed by atoms with Gasteiger partial charge < -0.3 is 9.47 Å². The quantitative estimate of drug-likeness (QED) is 0.570. The average molecular weight is 163 g/mol. The summed E-state index contributed by atoms with van der Waals surface area (Å²) in [7, 11) is -3.76. The molecule has 2 N–H and O–H groups in total. The van der Waals surface area contributed by atoms with E-state index in [0.29, 0.717) is 0 Å². The first-order chi connectivity index (χ1) is 4.61. The second-order valence-electron chi connectivity index (χ2n) is 1.51. The molecular formula is C4H5NO4S. The lowest BCUT2D eigenvalue weighted by atomic mass is 10.9. The molecule has 10 heavy (non-hydrogen) atoms. The maximum atomic E-state index is 10.5. The van der Waals surface area contributed by atoms with Gasteiger partial charge in [-0.3, -0.25) is 0 Å². The molecule has 0 fully saturated rings. The number of hydrogen-bond acceptors (Lipinski definition) is 4. The summed E-state index contributed by atoms with van der Waals surface area (Å²) < 4.78 is 29.9. The van der Waals surface area contributed by atoms with Crippen LogP contribution in [0, 0.1) is 0 Å². The van der Waals surface area contributed by atoms with E-state index in [1.54, 1.807) is 0 Å². The predicted molar refractivity (Wildman–Crippen MR) is 32.5 cm³/mol. The summed E-state index contributed by atoms with van der Waals surface area (Å²) in [6, 6.07) is 0. The molecule has 0 radical (unpaired) electrons. The Balaban J connectivity index is 2.86. The highest BCUT2D eigenvalue weighted by molar-refractivity contribution is 7.92. The maximum absolute atomic E-state index is 10.5. The smallest absolute Gasteiger partial charge is 0.274 e. The second-order valence-corrected chi connectivity index (χ2v) is 3.00. The molecule has 0 atom stereocenters. The molecule has 0 saturated carbocycles. The SMILES string of the molecule is NS(=O)(=O)C1=COC=CO1. The van der Waals surface area contributed by atoms with E-state index in [4.69, 9.17) is 0 Å². The van der Waals surface area contributed by atoms with Crippen LogP contribution in [-0.4, -0.2) is 8.42 Å². The Bertz CT molecular complexity index is 276. The van der Waals surface area contributed by atoms with Crippen molar-refractivity contribution in [2.45, 2.75) is 0 Å². The van der Waals surface area contributed by atoms with E-state index in [2.05, 4.69) is 14.6 Å². The van der Waals surface area contributed by atoms with Gasteiger partial charge in [0, 0.05) is 0 Å². The lowest BCUT2D eigenvalue weighted by Gasteiger charge is -2.05. The maximum Gasteiger partial charge on any atom is 0.274 e. The molecule has 0 aliphatic carbocycles. The molecule has 0 bridgehead atoms. The van der Waals surface area contributed by atoms with E-state index in [9.17, 15) is 8.42 Å². The fourth-order valence-electron chi connectivity index (χ4n) is 0.384. The van der Waals surface area contributed by atoms with Gasteiger partial charge in [0.1, 0.15) is 18.8 Å². The Hall–Kier alpha value is -1.01. The van der Waals surface area contributed by atoms with Crippen molar-refractivity contribution in [2.24, 2.45) is 5.14 Å². The van der Waals surface area contributed by atoms with Crippen molar-refractivity contribution in [1.29, 1.82) is 0 Å². The third-order valence-corrected chi connectivity index (χ3v) is 1.52. The van der Waals surface area contributed by atoms with Crippen molar-refractivity contribution in [1.82, 2.24) is 0 Å². The van der Waals surface area contributed by atoms with Crippen molar-refractivity contribution in [3.8, 4) is 0 Å². The van der Waals surface area contributed by atoms with Gasteiger partial charge in [-0.15, -0.1) is 0 Å². The first-order valence-electron chi connectivity index (χ1n) is 2.31. The molecule has 0 saturated heterocycles. The van der Waals surface area contributed by atoms with Crippen molar-refractivity contribution in [2.75, 3.05) is 0 Å². The number of rotatable bonds is 1. The number of hydrogen-bond donors (Lipinski definition) is 1. The summed E-state index contributed by atoms with van der Waals surface area (Å²) in [5.74, 6) is 0. The fourth-order valence-corrected chi connectivity index (χ4v) is 0.763. The minimum absolute atomic E-state index is 0.394. The van der Waals surface area contributed by atoms with E-state index in [0.717, 1.165) is 12.5 Å². The Morgan fingerprint density at radius 2 is 2.10 bits per heavy atom. The molecule has 1 aliphatic rings. The van der Waals surface area contributed by atoms with Gasteiger partial charge in [-0.25, -0.2) is 13.6 Å². The highest BCUT2D eigenvalue weighted by atomic mass is 32.2. The molecular weight excluding hydrogens is 158 g/mol. The monoisotopic (exact) mass is 163 g/mol. The van der Waals surface area contributed by atoms with Gasteiger partial charge in [-0.05, 0) is 0 Å². The molecule has 0 aromatic carbocycles. The Morgan fingerprint density at radius 3 is 2.40 bits per heavy atom. The zero-order valence-electron chi connectivity index (χ0n) is 4.85. The zero-order chi connectivity index (χ0) is 7.61. The average Bonchev–Trinajstić information content (AvgIpc) is 1.88. The molecule has 6 heteroatoms. The van der Waals surface area contributed by atoms with Crippen LogP contribution in [0.15, 0.2) is 23.9 Å². The molecule has 0 unspecified atom stereocenters. The highest BCUT2D eigenvalue weighted by Gasteiger charge is 2.14. The summed E-state index contributed by atoms with van der Waals surface area (Å²) >= 11 is 0. The summed E-state index contributed by atoms with van der Waals surface area (Å²) in [5.41, 5.74) is 0. The van der Waals surface area contributed by atoms with Crippen LogP contribution in [0.25, 0.3) is 0 Å². The van der Waals surface area contributed by atoms with Gasteiger partial charge in [-0.1, -0.05) is 0 Å². The molecule has 1 rings (SSSR count). The number of nitrogens with two attached hydrogens (primary N) is 1. The Labute approximate surface area is 57.8 Å². The van der Waals surface area contributed by atoms with Crippen LogP contribution in [0.5, 0.6) is 0 Å². The molecule has 56 valence electrons. The standard InChI is InChI=1S/C4H5NO4S/c5-10(6,7)4-3-8-1-2-9-4/h1-3H,(H2,5,6,7). The third-order valence-electron chi connectivity index (χ3n) is 0.763. The van der Waals surface area contributed by atoms with Gasteiger partial charge in [-0.2, -0.15) is 0 Å². The van der Waals surface area contributed by atoms with E-state index in [1.807, 2.05) is 0 Å². The Kier molecular flexibility index (Phi) is 1.64. The molecule has 5 nitrogen and oxygen atoms in total. The number of primary sulfonamides is 1. The first kappa shape index (κ1) is 7.10. The van der Waals surface area contributed by atoms with E-state index >= 15 is 0 Å². The van der Waals surface area contributed by atoms with Crippen LogP contribution in [0.4, 0.5) is 0 Å². The van der Waals surface area contributed by atoms with E-state index < -0.39 is 15.1 Å².